The summed E-state index contributed by atoms with van der Waals surface area (Å²) in [5, 5.41) is 9.30. The van der Waals surface area contributed by atoms with E-state index in [-0.39, 0.29) is 10.8 Å². The second-order valence-corrected chi connectivity index (χ2v) is 15.5. The third-order valence-corrected chi connectivity index (χ3v) is 10.0. The molecule has 0 atom stereocenters. The van der Waals surface area contributed by atoms with Crippen molar-refractivity contribution in [2.75, 3.05) is 0 Å². The van der Waals surface area contributed by atoms with Gasteiger partial charge in [-0.25, -0.2) is 0 Å². The van der Waals surface area contributed by atoms with Crippen molar-refractivity contribution in [3.05, 3.63) is 179 Å². The van der Waals surface area contributed by atoms with E-state index in [0.717, 1.165) is 34.0 Å². The van der Waals surface area contributed by atoms with Gasteiger partial charge in [-0.3, -0.25) is 4.98 Å². The smallest absolute Gasteiger partial charge is 0.129 e. The molecule has 0 amide bonds. The minimum absolute atomic E-state index is 0.0303. The van der Waals surface area contributed by atoms with Crippen LogP contribution in [-0.2, 0) is 16.2 Å². The Kier molecular flexibility index (Phi) is 7.75. The quantitative estimate of drug-likeness (QED) is 0.177. The Bertz CT molecular complexity index is 2300. The van der Waals surface area contributed by atoms with E-state index in [1.807, 2.05) is 72.9 Å². The Morgan fingerprint density at radius 3 is 1.84 bits per heavy atom. The molecule has 2 aromatic heterocycles. The number of hydrogen-bond donors (Lipinski definition) is 0. The Morgan fingerprint density at radius 2 is 1.22 bits per heavy atom. The Hall–Kier alpha value is -5.81. The van der Waals surface area contributed by atoms with Gasteiger partial charge in [-0.15, -0.1) is 5.10 Å². The summed E-state index contributed by atoms with van der Waals surface area (Å²) in [6.07, 6.45) is 3.70. The fraction of sp³-hybridized carbons (Fsp3) is 0.196. The summed E-state index contributed by atoms with van der Waals surface area (Å²) in [5.41, 5.74) is 11.6. The summed E-state index contributed by atoms with van der Waals surface area (Å²) in [5.74, 6) is 1.44. The van der Waals surface area contributed by atoms with Crippen LogP contribution in [0.2, 0.25) is 0 Å². The number of nitrogens with zero attached hydrogens (tertiary/aromatic N) is 4. The van der Waals surface area contributed by atoms with E-state index in [4.69, 9.17) is 14.8 Å². The van der Waals surface area contributed by atoms with Crippen LogP contribution in [0.1, 0.15) is 75.1 Å². The summed E-state index contributed by atoms with van der Waals surface area (Å²) in [4.78, 5) is 6.76. The molecule has 0 fully saturated rings. The lowest BCUT2D eigenvalue weighted by Gasteiger charge is -2.34. The largest absolute Gasteiger partial charge is 0.457 e. The molecule has 51 heavy (non-hydrogen) atoms. The van der Waals surface area contributed by atoms with Crippen LogP contribution < -0.4 is 4.74 Å². The van der Waals surface area contributed by atoms with E-state index in [1.54, 1.807) is 11.0 Å². The molecule has 8 rings (SSSR count). The molecule has 0 N–H and O–H groups in total. The fourth-order valence-corrected chi connectivity index (χ4v) is 7.31. The van der Waals surface area contributed by atoms with Crippen molar-refractivity contribution in [1.29, 1.82) is 0 Å². The zero-order chi connectivity index (χ0) is 35.4. The zero-order valence-electron chi connectivity index (χ0n) is 30.1. The SMILES string of the molecule is CC(C)(C)c1ccc2c(c1)C(c1cccc(Oc3cccc(-n4ncc(-c5ccccc5)n4)c3)c1)(c1ccccn1)c1cc(C(C)(C)C)ccc1-2. The van der Waals surface area contributed by atoms with Gasteiger partial charge in [0.2, 0.25) is 0 Å². The van der Waals surface area contributed by atoms with Crippen LogP contribution >= 0.6 is 0 Å². The van der Waals surface area contributed by atoms with E-state index in [9.17, 15) is 0 Å². The monoisotopic (exact) mass is 666 g/mol. The number of ether oxygens (including phenoxy) is 1. The van der Waals surface area contributed by atoms with Crippen molar-refractivity contribution in [3.63, 3.8) is 0 Å². The third kappa shape index (κ3) is 5.73. The van der Waals surface area contributed by atoms with Crippen LogP contribution in [0, 0.1) is 0 Å². The van der Waals surface area contributed by atoms with E-state index in [0.29, 0.717) is 5.75 Å². The normalized spacial score (nSPS) is 13.5. The standard InChI is InChI=1S/C46H42N4O/c1-44(2,3)32-21-23-38-39-24-22-33(45(4,5)6)28-41(39)46(40(38)27-32,43-20-10-11-25-47-43)34-16-12-18-36(26-34)51-37-19-13-17-35(29-37)50-48-30-42(49-50)31-14-8-7-9-15-31/h7-30H,1-6H3. The summed E-state index contributed by atoms with van der Waals surface area (Å²) in [6, 6.07) is 46.8. The van der Waals surface area contributed by atoms with Crippen molar-refractivity contribution in [2.45, 2.75) is 57.8 Å². The summed E-state index contributed by atoms with van der Waals surface area (Å²) in [6.45, 7) is 13.7. The predicted molar refractivity (Wildman–Crippen MR) is 206 cm³/mol. The molecule has 0 saturated carbocycles. The minimum Gasteiger partial charge on any atom is -0.457 e. The van der Waals surface area contributed by atoms with Crippen LogP contribution in [0.25, 0.3) is 28.1 Å². The highest BCUT2D eigenvalue weighted by molar-refractivity contribution is 5.86. The van der Waals surface area contributed by atoms with Gasteiger partial charge in [-0.2, -0.15) is 9.90 Å². The van der Waals surface area contributed by atoms with Gasteiger partial charge < -0.3 is 4.74 Å². The van der Waals surface area contributed by atoms with E-state index < -0.39 is 5.41 Å². The summed E-state index contributed by atoms with van der Waals surface area (Å²) >= 11 is 0. The van der Waals surface area contributed by atoms with E-state index in [1.165, 1.54) is 33.4 Å². The van der Waals surface area contributed by atoms with Gasteiger partial charge in [0, 0.05) is 17.8 Å². The van der Waals surface area contributed by atoms with Crippen molar-refractivity contribution >= 4 is 0 Å². The van der Waals surface area contributed by atoms with E-state index in [2.05, 4.69) is 113 Å². The maximum Gasteiger partial charge on any atom is 0.129 e. The highest BCUT2D eigenvalue weighted by Crippen LogP contribution is 2.57. The molecule has 1 aliphatic rings. The van der Waals surface area contributed by atoms with Crippen LogP contribution in [-0.4, -0.2) is 20.0 Å². The van der Waals surface area contributed by atoms with Crippen LogP contribution in [0.5, 0.6) is 11.5 Å². The first-order chi connectivity index (χ1) is 24.5. The molecule has 0 bridgehead atoms. The summed E-state index contributed by atoms with van der Waals surface area (Å²) in [7, 11) is 0. The first-order valence-electron chi connectivity index (χ1n) is 17.6. The van der Waals surface area contributed by atoms with Crippen LogP contribution in [0.3, 0.4) is 0 Å². The van der Waals surface area contributed by atoms with Crippen molar-refractivity contribution < 1.29 is 4.74 Å². The molecular formula is C46H42N4O. The molecule has 2 heterocycles. The average molecular weight is 667 g/mol. The number of hydrogen-bond acceptors (Lipinski definition) is 4. The zero-order valence-corrected chi connectivity index (χ0v) is 30.1. The average Bonchev–Trinajstić information content (AvgIpc) is 3.74. The second-order valence-electron chi connectivity index (χ2n) is 15.5. The molecule has 252 valence electrons. The third-order valence-electron chi connectivity index (χ3n) is 10.0. The second kappa shape index (κ2) is 12.2. The first kappa shape index (κ1) is 32.4. The van der Waals surface area contributed by atoms with Gasteiger partial charge in [-0.05, 0) is 86.2 Å². The Balaban J connectivity index is 1.27. The maximum atomic E-state index is 6.66. The maximum absolute atomic E-state index is 6.66. The number of rotatable bonds is 6. The lowest BCUT2D eigenvalue weighted by atomic mass is 9.68. The van der Waals surface area contributed by atoms with Gasteiger partial charge >= 0.3 is 0 Å². The summed E-state index contributed by atoms with van der Waals surface area (Å²) < 4.78 is 6.66. The molecule has 1 aliphatic carbocycles. The number of aromatic nitrogens is 4. The minimum atomic E-state index is -0.664. The van der Waals surface area contributed by atoms with Crippen molar-refractivity contribution in [3.8, 4) is 39.6 Å². The number of pyridine rings is 1. The lowest BCUT2D eigenvalue weighted by molar-refractivity contribution is 0.480. The Labute approximate surface area is 300 Å². The van der Waals surface area contributed by atoms with Gasteiger partial charge in [0.25, 0.3) is 0 Å². The molecular weight excluding hydrogens is 625 g/mol. The van der Waals surface area contributed by atoms with Crippen molar-refractivity contribution in [2.24, 2.45) is 0 Å². The van der Waals surface area contributed by atoms with Crippen LogP contribution in [0.4, 0.5) is 0 Å². The predicted octanol–water partition coefficient (Wildman–Crippen LogP) is 11.1. The van der Waals surface area contributed by atoms with Crippen LogP contribution in [0.15, 0.2) is 146 Å². The molecule has 0 radical (unpaired) electrons. The van der Waals surface area contributed by atoms with Gasteiger partial charge in [0.05, 0.1) is 23.0 Å². The topological polar surface area (TPSA) is 52.8 Å². The highest BCUT2D eigenvalue weighted by Gasteiger charge is 2.48. The fourth-order valence-electron chi connectivity index (χ4n) is 7.31. The van der Waals surface area contributed by atoms with E-state index >= 15 is 0 Å². The van der Waals surface area contributed by atoms with Gasteiger partial charge in [-0.1, -0.05) is 133 Å². The molecule has 5 nitrogen and oxygen atoms in total. The molecule has 0 spiro atoms. The highest BCUT2D eigenvalue weighted by atomic mass is 16.5. The molecule has 0 unspecified atom stereocenters. The molecule has 5 aromatic carbocycles. The molecule has 0 saturated heterocycles. The molecule has 5 heteroatoms. The lowest BCUT2D eigenvalue weighted by Crippen LogP contribution is -2.30. The molecule has 7 aromatic rings. The van der Waals surface area contributed by atoms with Gasteiger partial charge in [0.15, 0.2) is 0 Å². The van der Waals surface area contributed by atoms with Crippen molar-refractivity contribution in [1.82, 2.24) is 20.0 Å². The first-order valence-corrected chi connectivity index (χ1v) is 17.6. The molecule has 0 aliphatic heterocycles. The Morgan fingerprint density at radius 1 is 0.588 bits per heavy atom. The number of fused-ring (bicyclic) bond motifs is 3. The number of benzene rings is 5. The van der Waals surface area contributed by atoms with Gasteiger partial charge in [0.1, 0.15) is 17.2 Å².